The number of halogens is 1. The second kappa shape index (κ2) is 8.16. The molecule has 0 spiro atoms. The number of hydrogen-bond donors (Lipinski definition) is 3. The molecule has 164 valence electrons. The van der Waals surface area contributed by atoms with Gasteiger partial charge in [0.1, 0.15) is 0 Å². The predicted molar refractivity (Wildman–Crippen MR) is 124 cm³/mol. The fourth-order valence-corrected chi connectivity index (χ4v) is 4.91. The molecule has 0 saturated carbocycles. The minimum Gasteiger partial charge on any atom is -0.375 e. The topological polar surface area (TPSA) is 113 Å². The van der Waals surface area contributed by atoms with Crippen molar-refractivity contribution in [2.24, 2.45) is 0 Å². The summed E-state index contributed by atoms with van der Waals surface area (Å²) in [6.07, 6.45) is -0.443. The number of benzene rings is 3. The number of aliphatic hydroxyl groups is 1. The molecule has 9 heteroatoms. The Labute approximate surface area is 193 Å². The molecule has 32 heavy (non-hydrogen) atoms. The standard InChI is InChI=1S/C23H19BrN2O5S/c1-14-2-9-18(10-3-14)32(30,31)26-17-7-4-15(5-8-17)21(27)13-23(29)19-11-6-16(24)12-20(19)25-22(23)28/h2-12,26,29H,13H2,1H3,(H,25,28)/t23-/m1/s1. The average Bonchev–Trinajstić information content (AvgIpc) is 2.97. The number of Topliss-reactive ketones (excluding diaryl/α,β-unsaturated/α-hetero) is 1. The number of nitrogens with one attached hydrogen (secondary N) is 2. The van der Waals surface area contributed by atoms with Crippen molar-refractivity contribution in [3.63, 3.8) is 0 Å². The third-order valence-corrected chi connectivity index (χ3v) is 7.15. The summed E-state index contributed by atoms with van der Waals surface area (Å²) in [5, 5.41) is 13.5. The van der Waals surface area contributed by atoms with Crippen LogP contribution in [-0.2, 0) is 20.4 Å². The number of fused-ring (bicyclic) bond motifs is 1. The molecule has 0 saturated heterocycles. The first-order valence-corrected chi connectivity index (χ1v) is 11.9. The lowest BCUT2D eigenvalue weighted by Gasteiger charge is -2.20. The summed E-state index contributed by atoms with van der Waals surface area (Å²) >= 11 is 3.31. The molecule has 1 heterocycles. The summed E-state index contributed by atoms with van der Waals surface area (Å²) in [7, 11) is -3.77. The molecule has 4 rings (SSSR count). The van der Waals surface area contributed by atoms with Gasteiger partial charge in [0.15, 0.2) is 11.4 Å². The van der Waals surface area contributed by atoms with Gasteiger partial charge in [0.2, 0.25) is 0 Å². The van der Waals surface area contributed by atoms with Crippen molar-refractivity contribution in [2.45, 2.75) is 23.8 Å². The Bertz CT molecular complexity index is 1320. The van der Waals surface area contributed by atoms with E-state index < -0.39 is 33.7 Å². The van der Waals surface area contributed by atoms with E-state index in [0.717, 1.165) is 10.0 Å². The van der Waals surface area contributed by atoms with Crippen molar-refractivity contribution in [3.05, 3.63) is 87.9 Å². The number of amides is 1. The third-order valence-electron chi connectivity index (χ3n) is 5.26. The first kappa shape index (κ1) is 22.2. The molecule has 0 unspecified atom stereocenters. The van der Waals surface area contributed by atoms with E-state index >= 15 is 0 Å². The van der Waals surface area contributed by atoms with Crippen molar-refractivity contribution in [1.29, 1.82) is 0 Å². The summed E-state index contributed by atoms with van der Waals surface area (Å²) in [5.74, 6) is -1.12. The number of aryl methyl sites for hydroxylation is 1. The van der Waals surface area contributed by atoms with Crippen LogP contribution in [0.15, 0.2) is 76.1 Å². The molecule has 0 aromatic heterocycles. The van der Waals surface area contributed by atoms with Crippen LogP contribution in [0.25, 0.3) is 0 Å². The minimum atomic E-state index is -3.77. The minimum absolute atomic E-state index is 0.128. The van der Waals surface area contributed by atoms with Gasteiger partial charge in [0.05, 0.1) is 11.3 Å². The number of ketones is 1. The number of anilines is 2. The van der Waals surface area contributed by atoms with Crippen LogP contribution in [0.2, 0.25) is 0 Å². The fraction of sp³-hybridized carbons (Fsp3) is 0.130. The van der Waals surface area contributed by atoms with Gasteiger partial charge in [-0.2, -0.15) is 0 Å². The number of hydrogen-bond acceptors (Lipinski definition) is 5. The molecule has 3 aromatic rings. The van der Waals surface area contributed by atoms with Crippen LogP contribution >= 0.6 is 15.9 Å². The van der Waals surface area contributed by atoms with E-state index in [4.69, 9.17) is 0 Å². The highest BCUT2D eigenvalue weighted by Crippen LogP contribution is 2.40. The zero-order valence-corrected chi connectivity index (χ0v) is 19.3. The molecule has 1 atom stereocenters. The van der Waals surface area contributed by atoms with Gasteiger partial charge >= 0.3 is 0 Å². The van der Waals surface area contributed by atoms with Gasteiger partial charge in [0.25, 0.3) is 15.9 Å². The van der Waals surface area contributed by atoms with E-state index in [2.05, 4.69) is 26.0 Å². The average molecular weight is 515 g/mol. The highest BCUT2D eigenvalue weighted by molar-refractivity contribution is 9.10. The zero-order valence-electron chi connectivity index (χ0n) is 16.9. The van der Waals surface area contributed by atoms with Crippen molar-refractivity contribution < 1.29 is 23.1 Å². The van der Waals surface area contributed by atoms with Crippen LogP contribution in [0.4, 0.5) is 11.4 Å². The van der Waals surface area contributed by atoms with Gasteiger partial charge in [-0.3, -0.25) is 14.3 Å². The van der Waals surface area contributed by atoms with Crippen LogP contribution in [0.5, 0.6) is 0 Å². The Morgan fingerprint density at radius 1 is 1.06 bits per heavy atom. The van der Waals surface area contributed by atoms with Crippen molar-refractivity contribution in [2.75, 3.05) is 10.0 Å². The third kappa shape index (κ3) is 4.19. The van der Waals surface area contributed by atoms with Crippen molar-refractivity contribution in [3.8, 4) is 0 Å². The number of sulfonamides is 1. The Morgan fingerprint density at radius 2 is 1.72 bits per heavy atom. The monoisotopic (exact) mass is 514 g/mol. The van der Waals surface area contributed by atoms with Crippen LogP contribution in [0, 0.1) is 6.92 Å². The molecule has 0 radical (unpaired) electrons. The van der Waals surface area contributed by atoms with Crippen LogP contribution in [-0.4, -0.2) is 25.2 Å². The quantitative estimate of drug-likeness (QED) is 0.430. The predicted octanol–water partition coefficient (Wildman–Crippen LogP) is 3.97. The first-order chi connectivity index (χ1) is 15.1. The number of carbonyl (C=O) groups excluding carboxylic acids is 2. The Morgan fingerprint density at radius 3 is 2.38 bits per heavy atom. The molecular weight excluding hydrogens is 496 g/mol. The lowest BCUT2D eigenvalue weighted by atomic mass is 9.88. The van der Waals surface area contributed by atoms with Gasteiger partial charge in [-0.1, -0.05) is 39.7 Å². The normalized spacial score (nSPS) is 17.5. The molecule has 7 nitrogen and oxygen atoms in total. The second-order valence-electron chi connectivity index (χ2n) is 7.60. The van der Waals surface area contributed by atoms with Crippen LogP contribution in [0.3, 0.4) is 0 Å². The fourth-order valence-electron chi connectivity index (χ4n) is 3.49. The highest BCUT2D eigenvalue weighted by atomic mass is 79.9. The first-order valence-electron chi connectivity index (χ1n) is 9.65. The van der Waals surface area contributed by atoms with Gasteiger partial charge in [-0.15, -0.1) is 0 Å². The lowest BCUT2D eigenvalue weighted by molar-refractivity contribution is -0.133. The maximum atomic E-state index is 12.8. The Kier molecular flexibility index (Phi) is 5.66. The van der Waals surface area contributed by atoms with Crippen molar-refractivity contribution >= 4 is 49.0 Å². The smallest absolute Gasteiger partial charge is 0.261 e. The second-order valence-corrected chi connectivity index (χ2v) is 10.2. The van der Waals surface area contributed by atoms with E-state index in [-0.39, 0.29) is 16.1 Å². The van der Waals surface area contributed by atoms with Gasteiger partial charge in [0, 0.05) is 27.0 Å². The summed E-state index contributed by atoms with van der Waals surface area (Å²) in [5.41, 5.74) is 0.283. The number of carbonyl (C=O) groups is 2. The maximum Gasteiger partial charge on any atom is 0.261 e. The Balaban J connectivity index is 1.51. The van der Waals surface area contributed by atoms with E-state index in [0.29, 0.717) is 11.3 Å². The van der Waals surface area contributed by atoms with E-state index in [1.54, 1.807) is 30.3 Å². The van der Waals surface area contributed by atoms with Gasteiger partial charge < -0.3 is 10.4 Å². The number of rotatable bonds is 6. The van der Waals surface area contributed by atoms with Crippen molar-refractivity contribution in [1.82, 2.24) is 0 Å². The van der Waals surface area contributed by atoms with Crippen LogP contribution in [0.1, 0.15) is 27.9 Å². The molecule has 0 aliphatic carbocycles. The molecule has 3 N–H and O–H groups in total. The summed E-state index contributed by atoms with van der Waals surface area (Å²) in [6.45, 7) is 1.86. The zero-order chi connectivity index (χ0) is 23.1. The highest BCUT2D eigenvalue weighted by Gasteiger charge is 2.46. The van der Waals surface area contributed by atoms with E-state index in [1.165, 1.54) is 36.4 Å². The molecule has 3 aromatic carbocycles. The molecule has 0 fully saturated rings. The van der Waals surface area contributed by atoms with E-state index in [1.807, 2.05) is 6.92 Å². The molecular formula is C23H19BrN2O5S. The SMILES string of the molecule is Cc1ccc(S(=O)(=O)Nc2ccc(C(=O)C[C@]3(O)C(=O)Nc4cc(Br)ccc43)cc2)cc1. The summed E-state index contributed by atoms with van der Waals surface area (Å²) < 4.78 is 28.2. The van der Waals surface area contributed by atoms with Gasteiger partial charge in [-0.05, 0) is 55.5 Å². The molecule has 1 amide bonds. The molecule has 1 aliphatic rings. The summed E-state index contributed by atoms with van der Waals surface area (Å²) in [4.78, 5) is 25.3. The molecule has 0 bridgehead atoms. The summed E-state index contributed by atoms with van der Waals surface area (Å²) in [6, 6.07) is 17.2. The van der Waals surface area contributed by atoms with Crippen LogP contribution < -0.4 is 10.0 Å². The lowest BCUT2D eigenvalue weighted by Crippen LogP contribution is -2.36. The molecule has 1 aliphatic heterocycles. The Hall–Kier alpha value is -3.01. The van der Waals surface area contributed by atoms with Gasteiger partial charge in [-0.25, -0.2) is 8.42 Å². The maximum absolute atomic E-state index is 12.8. The van der Waals surface area contributed by atoms with E-state index in [9.17, 15) is 23.1 Å². The largest absolute Gasteiger partial charge is 0.375 e.